The van der Waals surface area contributed by atoms with E-state index in [0.29, 0.717) is 51.1 Å². The van der Waals surface area contributed by atoms with E-state index in [0.717, 1.165) is 99.4 Å². The molecule has 5 aromatic rings. The molecule has 0 radical (unpaired) electrons. The second-order valence-corrected chi connectivity index (χ2v) is 18.6. The van der Waals surface area contributed by atoms with Gasteiger partial charge in [0.25, 0.3) is 17.7 Å². The molecule has 1 unspecified atom stereocenters. The lowest BCUT2D eigenvalue weighted by Gasteiger charge is -2.42. The van der Waals surface area contributed by atoms with Crippen LogP contribution in [0.4, 0.5) is 11.4 Å². The molecule has 5 aliphatic rings. The molecule has 4 aliphatic heterocycles. The summed E-state index contributed by atoms with van der Waals surface area (Å²) < 4.78 is 3.56. The quantitative estimate of drug-likeness (QED) is 0.180. The van der Waals surface area contributed by atoms with Gasteiger partial charge in [-0.15, -0.1) is 0 Å². The average molecular weight is 866 g/mol. The van der Waals surface area contributed by atoms with Crippen LogP contribution in [0.3, 0.4) is 0 Å². The fraction of sp³-hybridized carbons (Fsp3) is 0.447. The van der Waals surface area contributed by atoms with Crippen molar-refractivity contribution in [3.63, 3.8) is 0 Å². The van der Waals surface area contributed by atoms with E-state index < -0.39 is 35.3 Å². The van der Waals surface area contributed by atoms with Crippen LogP contribution in [-0.4, -0.2) is 127 Å². The Morgan fingerprint density at radius 2 is 1.67 bits per heavy atom. The third-order valence-corrected chi connectivity index (χ3v) is 14.0. The number of anilines is 2. The molecule has 0 spiro atoms. The molecule has 64 heavy (non-hydrogen) atoms. The lowest BCUT2D eigenvalue weighted by molar-refractivity contribution is -0.136. The van der Waals surface area contributed by atoms with E-state index in [-0.39, 0.29) is 24.8 Å². The third kappa shape index (κ3) is 7.69. The van der Waals surface area contributed by atoms with Crippen LogP contribution in [0.2, 0.25) is 0 Å². The van der Waals surface area contributed by atoms with Crippen LogP contribution in [0.15, 0.2) is 60.9 Å². The number of nitrogens with one attached hydrogen (secondary N) is 2. The van der Waals surface area contributed by atoms with Crippen molar-refractivity contribution in [2.45, 2.75) is 82.5 Å². The summed E-state index contributed by atoms with van der Waals surface area (Å²) in [4.78, 5) is 72.8. The van der Waals surface area contributed by atoms with Crippen LogP contribution < -0.4 is 15.5 Å². The molecule has 3 saturated heterocycles. The predicted molar refractivity (Wildman–Crippen MR) is 236 cm³/mol. The molecule has 7 heterocycles. The molecule has 4 fully saturated rings. The van der Waals surface area contributed by atoms with Crippen molar-refractivity contribution in [3.8, 4) is 6.07 Å². The normalized spacial score (nSPS) is 23.5. The third-order valence-electron chi connectivity index (χ3n) is 14.0. The molecule has 1 aliphatic carbocycles. The summed E-state index contributed by atoms with van der Waals surface area (Å²) in [5.74, 6) is -1.85. The molecule has 3 N–H and O–H groups in total. The number of fused-ring (bicyclic) bond motifs is 3. The predicted octanol–water partition coefficient (Wildman–Crippen LogP) is 4.06. The number of rotatable bonds is 9. The number of aliphatic hydroxyl groups is 1. The molecule has 17 nitrogen and oxygen atoms in total. The lowest BCUT2D eigenvalue weighted by atomic mass is 9.90. The monoisotopic (exact) mass is 865 g/mol. The van der Waals surface area contributed by atoms with Crippen LogP contribution in [0.25, 0.3) is 16.4 Å². The topological polar surface area (TPSA) is 202 Å². The molecular formula is C47H51N11O6. The van der Waals surface area contributed by atoms with Crippen LogP contribution >= 0.6 is 0 Å². The molecule has 1 saturated carbocycles. The fourth-order valence-electron chi connectivity index (χ4n) is 10.5. The minimum atomic E-state index is -1.25. The summed E-state index contributed by atoms with van der Waals surface area (Å²) in [6.07, 6.45) is 8.94. The first kappa shape index (κ1) is 41.5. The number of imide groups is 2. The summed E-state index contributed by atoms with van der Waals surface area (Å²) in [6.45, 7) is 10.2. The maximum atomic E-state index is 13.6. The van der Waals surface area contributed by atoms with Gasteiger partial charge < -0.3 is 20.2 Å². The first-order valence-corrected chi connectivity index (χ1v) is 22.3. The minimum Gasteiger partial charge on any atom is -0.386 e. The highest BCUT2D eigenvalue weighted by Gasteiger charge is 2.45. The van der Waals surface area contributed by atoms with Crippen molar-refractivity contribution in [2.75, 3.05) is 56.0 Å². The van der Waals surface area contributed by atoms with Gasteiger partial charge in [0, 0.05) is 86.8 Å². The molecule has 5 amide bonds. The van der Waals surface area contributed by atoms with Crippen molar-refractivity contribution in [1.29, 1.82) is 5.26 Å². The second kappa shape index (κ2) is 16.3. The van der Waals surface area contributed by atoms with Gasteiger partial charge in [-0.1, -0.05) is 0 Å². The molecule has 3 aromatic heterocycles. The first-order chi connectivity index (χ1) is 30.8. The zero-order valence-electron chi connectivity index (χ0n) is 36.0. The number of benzene rings is 2. The summed E-state index contributed by atoms with van der Waals surface area (Å²) in [5, 5.41) is 35.8. The van der Waals surface area contributed by atoms with Gasteiger partial charge in [-0.2, -0.15) is 15.5 Å². The summed E-state index contributed by atoms with van der Waals surface area (Å²) in [6, 6.07) is 16.1. The maximum absolute atomic E-state index is 13.6. The Bertz CT molecular complexity index is 2770. The smallest absolute Gasteiger partial charge is 0.274 e. The van der Waals surface area contributed by atoms with Crippen molar-refractivity contribution in [3.05, 3.63) is 88.9 Å². The number of nitriles is 1. The number of carbonyl (C=O) groups is 5. The average Bonchev–Trinajstić information content (AvgIpc) is 4.08. The SMILES string of the molecule is CC(C)(O)c1cc2nn(C3CCC(N4CCN(C[C@H]5CCN(c6ccc7c(c6)C(=O)N(C6CCC(=O)NC6=O)C7=O)C5)CC4)CC3)cc2cc1NC(=O)c1ccc2cc(C#N)cnn12. The maximum Gasteiger partial charge on any atom is 0.274 e. The van der Waals surface area contributed by atoms with Gasteiger partial charge in [0.1, 0.15) is 17.8 Å². The van der Waals surface area contributed by atoms with E-state index in [1.54, 1.807) is 44.2 Å². The zero-order chi connectivity index (χ0) is 44.4. The Morgan fingerprint density at radius 1 is 0.906 bits per heavy atom. The number of nitrogens with zero attached hydrogens (tertiary/aromatic N) is 9. The number of hydrogen-bond donors (Lipinski definition) is 3. The van der Waals surface area contributed by atoms with E-state index in [1.165, 1.54) is 10.7 Å². The Morgan fingerprint density at radius 3 is 2.42 bits per heavy atom. The lowest BCUT2D eigenvalue weighted by Crippen LogP contribution is -2.54. The van der Waals surface area contributed by atoms with E-state index in [1.807, 2.05) is 24.4 Å². The first-order valence-electron chi connectivity index (χ1n) is 22.3. The number of aromatic nitrogens is 4. The highest BCUT2D eigenvalue weighted by molar-refractivity contribution is 6.23. The van der Waals surface area contributed by atoms with Crippen LogP contribution in [0.1, 0.15) is 107 Å². The van der Waals surface area contributed by atoms with Gasteiger partial charge in [0.05, 0.1) is 45.6 Å². The largest absolute Gasteiger partial charge is 0.386 e. The highest BCUT2D eigenvalue weighted by Crippen LogP contribution is 2.37. The van der Waals surface area contributed by atoms with Gasteiger partial charge >= 0.3 is 0 Å². The highest BCUT2D eigenvalue weighted by atomic mass is 16.3. The van der Waals surface area contributed by atoms with Gasteiger partial charge in [0.15, 0.2) is 0 Å². The number of piperidine rings is 1. The zero-order valence-corrected chi connectivity index (χ0v) is 36.0. The Balaban J connectivity index is 0.717. The molecule has 2 atom stereocenters. The number of amides is 5. The molecule has 330 valence electrons. The summed E-state index contributed by atoms with van der Waals surface area (Å²) >= 11 is 0. The van der Waals surface area contributed by atoms with E-state index in [9.17, 15) is 34.3 Å². The number of hydrogen-bond acceptors (Lipinski definition) is 12. The summed E-state index contributed by atoms with van der Waals surface area (Å²) in [7, 11) is 0. The van der Waals surface area contributed by atoms with E-state index in [4.69, 9.17) is 5.10 Å². The standard InChI is InChI=1S/C47H51N11O6/c1-47(2,64)37-22-38-30(20-39(37)50-44(61)41-10-8-34-19-29(23-48)24-49-58(34)41)27-56(52-38)32-5-3-31(4-6-32)54-17-15-53(16-18-54)25-28-13-14-55(26-28)33-7-9-35-36(21-33)46(63)57(45(35)62)40-11-12-42(59)51-43(40)60/h7-10,19-22,24,27-28,31-32,40,64H,3-6,11-18,25-26H2,1-2H3,(H,50,61)(H,51,59,60)/t28-,31?,32?,40?/m1/s1. The van der Waals surface area contributed by atoms with E-state index in [2.05, 4.69) is 41.2 Å². The fourth-order valence-corrected chi connectivity index (χ4v) is 10.5. The van der Waals surface area contributed by atoms with Crippen molar-refractivity contribution in [2.24, 2.45) is 5.92 Å². The molecule has 10 rings (SSSR count). The second-order valence-electron chi connectivity index (χ2n) is 18.6. The number of piperazine rings is 1. The molecule has 0 bridgehead atoms. The van der Waals surface area contributed by atoms with E-state index >= 15 is 0 Å². The Hall–Kier alpha value is -6.48. The van der Waals surface area contributed by atoms with Gasteiger partial charge in [-0.25, -0.2) is 4.52 Å². The van der Waals surface area contributed by atoms with Crippen LogP contribution in [-0.2, 0) is 15.2 Å². The molecule has 17 heteroatoms. The molecule has 2 aromatic carbocycles. The van der Waals surface area contributed by atoms with Gasteiger partial charge in [-0.05, 0) is 107 Å². The van der Waals surface area contributed by atoms with Gasteiger partial charge in [0.2, 0.25) is 11.8 Å². The van der Waals surface area contributed by atoms with Crippen molar-refractivity contribution in [1.82, 2.24) is 39.4 Å². The van der Waals surface area contributed by atoms with Crippen molar-refractivity contribution < 1.29 is 29.1 Å². The minimum absolute atomic E-state index is 0.0914. The van der Waals surface area contributed by atoms with Gasteiger partial charge in [-0.3, -0.25) is 43.8 Å². The van der Waals surface area contributed by atoms with Crippen LogP contribution in [0, 0.1) is 17.2 Å². The number of carbonyl (C=O) groups excluding carboxylic acids is 5. The Kier molecular flexibility index (Phi) is 10.5. The summed E-state index contributed by atoms with van der Waals surface area (Å²) in [5.41, 5.74) is 3.44. The van der Waals surface area contributed by atoms with Crippen molar-refractivity contribution >= 4 is 57.3 Å². The Labute approximate surface area is 369 Å². The van der Waals surface area contributed by atoms with Crippen LogP contribution in [0.5, 0.6) is 0 Å². The molecular weight excluding hydrogens is 815 g/mol.